The second-order valence-electron chi connectivity index (χ2n) is 4.72. The fraction of sp³-hybridized carbons (Fsp3) is 0.538. The molecule has 1 aliphatic carbocycles. The van der Waals surface area contributed by atoms with Crippen molar-refractivity contribution in [2.75, 3.05) is 11.9 Å². The molecule has 0 radical (unpaired) electrons. The Morgan fingerprint density at radius 1 is 1.50 bits per heavy atom. The van der Waals surface area contributed by atoms with E-state index < -0.39 is 11.3 Å². The van der Waals surface area contributed by atoms with Crippen molar-refractivity contribution in [1.82, 2.24) is 0 Å². The van der Waals surface area contributed by atoms with Gasteiger partial charge in [-0.25, -0.2) is 8.78 Å². The van der Waals surface area contributed by atoms with Gasteiger partial charge in [-0.2, -0.15) is 0 Å². The average molecular weight is 286 g/mol. The van der Waals surface area contributed by atoms with E-state index in [1.807, 2.05) is 6.92 Å². The Morgan fingerprint density at radius 3 is 2.75 bits per heavy atom. The molecular formula is C13H16F2N2O3. The van der Waals surface area contributed by atoms with Crippen LogP contribution in [0.4, 0.5) is 20.2 Å². The largest absolute Gasteiger partial charge is 0.382 e. The zero-order valence-corrected chi connectivity index (χ0v) is 11.0. The number of non-ortho nitro benzene ring substituents is 1. The summed E-state index contributed by atoms with van der Waals surface area (Å²) in [5, 5.41) is 13.6. The molecule has 0 amide bonds. The third kappa shape index (κ3) is 3.22. The standard InChI is InChI=1S/C13H16F2N2O3/c1-2-20-10-5-8(6-10)16-12-4-3-9(17(18)19)7-11(12)13(14)15/h3-4,7-8,10,13,16H,2,5-6H2,1H3. The Morgan fingerprint density at radius 2 is 2.20 bits per heavy atom. The molecule has 5 nitrogen and oxygen atoms in total. The molecule has 0 aliphatic heterocycles. The molecule has 20 heavy (non-hydrogen) atoms. The molecule has 1 aliphatic rings. The van der Waals surface area contributed by atoms with Crippen molar-refractivity contribution in [2.45, 2.75) is 38.3 Å². The molecule has 7 heteroatoms. The number of rotatable bonds is 6. The summed E-state index contributed by atoms with van der Waals surface area (Å²) in [6.45, 7) is 2.54. The van der Waals surface area contributed by atoms with E-state index in [4.69, 9.17) is 4.74 Å². The third-order valence-corrected chi connectivity index (χ3v) is 3.34. The smallest absolute Gasteiger partial charge is 0.270 e. The number of ether oxygens (including phenoxy) is 1. The summed E-state index contributed by atoms with van der Waals surface area (Å²) in [5.74, 6) is 0. The molecule has 1 fully saturated rings. The van der Waals surface area contributed by atoms with Gasteiger partial charge >= 0.3 is 0 Å². The Bertz CT molecular complexity index is 491. The highest BCUT2D eigenvalue weighted by molar-refractivity contribution is 5.57. The van der Waals surface area contributed by atoms with E-state index in [0.717, 1.165) is 18.9 Å². The molecule has 1 saturated carbocycles. The summed E-state index contributed by atoms with van der Waals surface area (Å²) in [5.41, 5.74) is -0.406. The van der Waals surface area contributed by atoms with Gasteiger partial charge < -0.3 is 10.1 Å². The van der Waals surface area contributed by atoms with Gasteiger partial charge in [0, 0.05) is 36.0 Å². The summed E-state index contributed by atoms with van der Waals surface area (Å²) < 4.78 is 31.3. The van der Waals surface area contributed by atoms with Crippen molar-refractivity contribution in [1.29, 1.82) is 0 Å². The zero-order chi connectivity index (χ0) is 14.7. The lowest BCUT2D eigenvalue weighted by Crippen LogP contribution is -2.41. The van der Waals surface area contributed by atoms with E-state index >= 15 is 0 Å². The van der Waals surface area contributed by atoms with Gasteiger partial charge in [-0.15, -0.1) is 0 Å². The van der Waals surface area contributed by atoms with Gasteiger partial charge in [-0.1, -0.05) is 0 Å². The Labute approximate surface area is 115 Å². The number of anilines is 1. The van der Waals surface area contributed by atoms with Crippen LogP contribution in [0.1, 0.15) is 31.8 Å². The SMILES string of the molecule is CCOC1CC(Nc2ccc([N+](=O)[O-])cc2C(F)F)C1. The van der Waals surface area contributed by atoms with Crippen LogP contribution in [-0.4, -0.2) is 23.7 Å². The van der Waals surface area contributed by atoms with E-state index in [-0.39, 0.29) is 29.1 Å². The zero-order valence-electron chi connectivity index (χ0n) is 11.0. The van der Waals surface area contributed by atoms with Crippen LogP contribution in [-0.2, 0) is 4.74 Å². The van der Waals surface area contributed by atoms with Crippen LogP contribution >= 0.6 is 0 Å². The summed E-state index contributed by atoms with van der Waals surface area (Å²) in [6, 6.07) is 3.57. The Balaban J connectivity index is 2.06. The molecule has 0 atom stereocenters. The normalized spacial score (nSPS) is 21.6. The number of halogens is 2. The molecule has 0 unspecified atom stereocenters. The highest BCUT2D eigenvalue weighted by Gasteiger charge is 2.30. The van der Waals surface area contributed by atoms with Crippen LogP contribution < -0.4 is 5.32 Å². The van der Waals surface area contributed by atoms with E-state index in [1.165, 1.54) is 12.1 Å². The van der Waals surface area contributed by atoms with Crippen LogP contribution in [0.15, 0.2) is 18.2 Å². The van der Waals surface area contributed by atoms with Crippen molar-refractivity contribution in [2.24, 2.45) is 0 Å². The molecule has 0 spiro atoms. The average Bonchev–Trinajstić information content (AvgIpc) is 2.36. The first-order valence-corrected chi connectivity index (χ1v) is 6.46. The topological polar surface area (TPSA) is 64.4 Å². The van der Waals surface area contributed by atoms with Crippen LogP contribution in [0.25, 0.3) is 0 Å². The molecule has 0 saturated heterocycles. The van der Waals surface area contributed by atoms with Crippen molar-refractivity contribution in [3.8, 4) is 0 Å². The maximum atomic E-state index is 13.0. The highest BCUT2D eigenvalue weighted by Crippen LogP contribution is 2.34. The molecular weight excluding hydrogens is 270 g/mol. The number of nitrogens with one attached hydrogen (secondary N) is 1. The van der Waals surface area contributed by atoms with Crippen molar-refractivity contribution in [3.63, 3.8) is 0 Å². The van der Waals surface area contributed by atoms with E-state index in [0.29, 0.717) is 6.61 Å². The molecule has 0 heterocycles. The third-order valence-electron chi connectivity index (χ3n) is 3.34. The summed E-state index contributed by atoms with van der Waals surface area (Å²) in [6.07, 6.45) is -1.06. The molecule has 1 aromatic carbocycles. The number of hydrogen-bond donors (Lipinski definition) is 1. The van der Waals surface area contributed by atoms with Crippen molar-refractivity contribution in [3.05, 3.63) is 33.9 Å². The minimum atomic E-state index is -2.75. The van der Waals surface area contributed by atoms with Crippen molar-refractivity contribution >= 4 is 11.4 Å². The monoisotopic (exact) mass is 286 g/mol. The van der Waals surface area contributed by atoms with Gasteiger partial charge in [0.25, 0.3) is 12.1 Å². The first kappa shape index (κ1) is 14.6. The quantitative estimate of drug-likeness (QED) is 0.642. The summed E-state index contributed by atoms with van der Waals surface area (Å²) in [4.78, 5) is 9.94. The lowest BCUT2D eigenvalue weighted by atomic mass is 9.88. The van der Waals surface area contributed by atoms with Gasteiger partial charge in [0.05, 0.1) is 11.0 Å². The number of nitrogens with zero attached hydrogens (tertiary/aromatic N) is 1. The summed E-state index contributed by atoms with van der Waals surface area (Å²) >= 11 is 0. The molecule has 1 aromatic rings. The lowest BCUT2D eigenvalue weighted by Gasteiger charge is -2.36. The van der Waals surface area contributed by atoms with E-state index in [9.17, 15) is 18.9 Å². The second kappa shape index (κ2) is 6.13. The molecule has 2 rings (SSSR count). The Kier molecular flexibility index (Phi) is 4.49. The summed E-state index contributed by atoms with van der Waals surface area (Å²) in [7, 11) is 0. The minimum absolute atomic E-state index is 0.0745. The van der Waals surface area contributed by atoms with Crippen LogP contribution in [0.3, 0.4) is 0 Å². The number of nitro benzene ring substituents is 1. The van der Waals surface area contributed by atoms with Crippen LogP contribution in [0.5, 0.6) is 0 Å². The second-order valence-corrected chi connectivity index (χ2v) is 4.72. The van der Waals surface area contributed by atoms with Gasteiger partial charge in [-0.3, -0.25) is 10.1 Å². The van der Waals surface area contributed by atoms with Crippen LogP contribution in [0, 0.1) is 10.1 Å². The fourth-order valence-corrected chi connectivity index (χ4v) is 2.25. The molecule has 0 aromatic heterocycles. The van der Waals surface area contributed by atoms with Gasteiger partial charge in [-0.05, 0) is 25.8 Å². The minimum Gasteiger partial charge on any atom is -0.382 e. The fourth-order valence-electron chi connectivity index (χ4n) is 2.25. The molecule has 0 bridgehead atoms. The number of hydrogen-bond acceptors (Lipinski definition) is 4. The number of alkyl halides is 2. The maximum Gasteiger partial charge on any atom is 0.270 e. The number of nitro groups is 1. The first-order chi connectivity index (χ1) is 9.51. The maximum absolute atomic E-state index is 13.0. The first-order valence-electron chi connectivity index (χ1n) is 6.46. The predicted molar refractivity (Wildman–Crippen MR) is 70.1 cm³/mol. The predicted octanol–water partition coefficient (Wildman–Crippen LogP) is 3.51. The van der Waals surface area contributed by atoms with Crippen LogP contribution in [0.2, 0.25) is 0 Å². The van der Waals surface area contributed by atoms with Gasteiger partial charge in [0.15, 0.2) is 0 Å². The molecule has 1 N–H and O–H groups in total. The number of benzene rings is 1. The highest BCUT2D eigenvalue weighted by atomic mass is 19.3. The Hall–Kier alpha value is -1.76. The lowest BCUT2D eigenvalue weighted by molar-refractivity contribution is -0.385. The van der Waals surface area contributed by atoms with Gasteiger partial charge in [0.2, 0.25) is 0 Å². The van der Waals surface area contributed by atoms with Gasteiger partial charge in [0.1, 0.15) is 0 Å². The van der Waals surface area contributed by atoms with E-state index in [1.54, 1.807) is 0 Å². The molecule has 110 valence electrons. The van der Waals surface area contributed by atoms with Crippen molar-refractivity contribution < 1.29 is 18.4 Å². The van der Waals surface area contributed by atoms with E-state index in [2.05, 4.69) is 5.32 Å².